The zero-order valence-corrected chi connectivity index (χ0v) is 8.71. The molecule has 0 aliphatic rings. The summed E-state index contributed by atoms with van der Waals surface area (Å²) in [6.45, 7) is 0. The van der Waals surface area contributed by atoms with Gasteiger partial charge in [-0.3, -0.25) is 0 Å². The summed E-state index contributed by atoms with van der Waals surface area (Å²) in [4.78, 5) is 10.1. The first-order valence-corrected chi connectivity index (χ1v) is 4.78. The van der Waals surface area contributed by atoms with Crippen molar-refractivity contribution in [3.05, 3.63) is 35.4 Å². The average molecular weight is 242 g/mol. The Hall–Kier alpha value is -1.96. The minimum Gasteiger partial charge on any atom is -0.472 e. The standard InChI is InChI=1S/C12H9F3O2/c13-12(14,15)10-7-3-1-5-9(10)6-2-4-8-11(16)17/h1,3,5,7H,2,6H2,(H,16,17). The molecular formula is C12H9F3O2. The van der Waals surface area contributed by atoms with Crippen molar-refractivity contribution in [2.45, 2.75) is 19.0 Å². The Morgan fingerprint density at radius 3 is 2.53 bits per heavy atom. The van der Waals surface area contributed by atoms with Gasteiger partial charge in [0.15, 0.2) is 0 Å². The van der Waals surface area contributed by atoms with Crippen molar-refractivity contribution in [1.82, 2.24) is 0 Å². The maximum Gasteiger partial charge on any atom is 0.416 e. The van der Waals surface area contributed by atoms with Crippen molar-refractivity contribution in [2.75, 3.05) is 0 Å². The van der Waals surface area contributed by atoms with E-state index in [1.54, 1.807) is 0 Å². The largest absolute Gasteiger partial charge is 0.472 e. The smallest absolute Gasteiger partial charge is 0.416 e. The fourth-order valence-corrected chi connectivity index (χ4v) is 1.35. The Kier molecular flexibility index (Phi) is 4.16. The van der Waals surface area contributed by atoms with Crippen LogP contribution < -0.4 is 0 Å². The van der Waals surface area contributed by atoms with Gasteiger partial charge < -0.3 is 5.11 Å². The van der Waals surface area contributed by atoms with Gasteiger partial charge >= 0.3 is 12.1 Å². The summed E-state index contributed by atoms with van der Waals surface area (Å²) in [5, 5.41) is 8.24. The number of carbonyl (C=O) groups is 1. The molecule has 0 aliphatic carbocycles. The molecule has 90 valence electrons. The molecule has 0 aliphatic heterocycles. The van der Waals surface area contributed by atoms with Crippen molar-refractivity contribution in [3.8, 4) is 11.8 Å². The van der Waals surface area contributed by atoms with Crippen molar-refractivity contribution in [3.63, 3.8) is 0 Å². The van der Waals surface area contributed by atoms with Crippen LogP contribution in [0.15, 0.2) is 24.3 Å². The van der Waals surface area contributed by atoms with E-state index < -0.39 is 17.7 Å². The lowest BCUT2D eigenvalue weighted by Gasteiger charge is -2.11. The molecule has 0 saturated heterocycles. The molecule has 0 aromatic heterocycles. The third-order valence-electron chi connectivity index (χ3n) is 2.04. The Bertz CT molecular complexity index is 467. The predicted molar refractivity (Wildman–Crippen MR) is 55.2 cm³/mol. The number of carboxylic acid groups (broad SMARTS) is 1. The van der Waals surface area contributed by atoms with E-state index in [1.807, 2.05) is 5.92 Å². The molecular weight excluding hydrogens is 233 g/mol. The van der Waals surface area contributed by atoms with Crippen LogP contribution in [0.5, 0.6) is 0 Å². The third kappa shape index (κ3) is 4.19. The minimum atomic E-state index is -4.39. The number of benzene rings is 1. The summed E-state index contributed by atoms with van der Waals surface area (Å²) >= 11 is 0. The molecule has 0 saturated carbocycles. The highest BCUT2D eigenvalue weighted by molar-refractivity contribution is 5.86. The maximum absolute atomic E-state index is 12.6. The highest BCUT2D eigenvalue weighted by atomic mass is 19.4. The molecule has 1 rings (SSSR count). The van der Waals surface area contributed by atoms with Crippen LogP contribution in [0.1, 0.15) is 17.5 Å². The van der Waals surface area contributed by atoms with Gasteiger partial charge in [0.05, 0.1) is 5.56 Å². The Morgan fingerprint density at radius 1 is 1.29 bits per heavy atom. The van der Waals surface area contributed by atoms with Crippen LogP contribution in [0.4, 0.5) is 13.2 Å². The van der Waals surface area contributed by atoms with Crippen LogP contribution in [0.25, 0.3) is 0 Å². The molecule has 0 spiro atoms. The summed E-state index contributed by atoms with van der Waals surface area (Å²) in [6.07, 6.45) is -4.23. The minimum absolute atomic E-state index is 0.0793. The number of carboxylic acids is 1. The zero-order valence-electron chi connectivity index (χ0n) is 8.71. The van der Waals surface area contributed by atoms with Gasteiger partial charge in [-0.15, -0.1) is 0 Å². The monoisotopic (exact) mass is 242 g/mol. The molecule has 0 atom stereocenters. The van der Waals surface area contributed by atoms with E-state index in [0.717, 1.165) is 6.07 Å². The maximum atomic E-state index is 12.6. The van der Waals surface area contributed by atoms with Crippen molar-refractivity contribution in [1.29, 1.82) is 0 Å². The van der Waals surface area contributed by atoms with E-state index >= 15 is 0 Å². The average Bonchev–Trinajstić information content (AvgIpc) is 2.23. The first-order valence-electron chi connectivity index (χ1n) is 4.78. The van der Waals surface area contributed by atoms with Crippen LogP contribution >= 0.6 is 0 Å². The molecule has 0 amide bonds. The quantitative estimate of drug-likeness (QED) is 0.809. The van der Waals surface area contributed by atoms with Crippen LogP contribution in [0.3, 0.4) is 0 Å². The molecule has 0 radical (unpaired) electrons. The van der Waals surface area contributed by atoms with Gasteiger partial charge in [-0.05, 0) is 18.1 Å². The Labute approximate surface area is 96.1 Å². The summed E-state index contributed by atoms with van der Waals surface area (Å²) in [5.74, 6) is 2.87. The lowest BCUT2D eigenvalue weighted by molar-refractivity contribution is -0.138. The number of halogens is 3. The van der Waals surface area contributed by atoms with Gasteiger partial charge in [-0.25, -0.2) is 4.79 Å². The van der Waals surface area contributed by atoms with E-state index in [0.29, 0.717) is 0 Å². The second kappa shape index (κ2) is 5.39. The number of alkyl halides is 3. The summed E-state index contributed by atoms with van der Waals surface area (Å²) in [5.41, 5.74) is -0.572. The zero-order chi connectivity index (χ0) is 12.9. The van der Waals surface area contributed by atoms with E-state index in [9.17, 15) is 18.0 Å². The lowest BCUT2D eigenvalue weighted by Crippen LogP contribution is -2.08. The van der Waals surface area contributed by atoms with Gasteiger partial charge in [0.2, 0.25) is 0 Å². The molecule has 2 nitrogen and oxygen atoms in total. The summed E-state index contributed by atoms with van der Waals surface area (Å²) < 4.78 is 37.7. The number of aryl methyl sites for hydroxylation is 1. The van der Waals surface area contributed by atoms with Gasteiger partial charge in [0, 0.05) is 12.3 Å². The molecule has 17 heavy (non-hydrogen) atoms. The molecule has 0 fully saturated rings. The van der Waals surface area contributed by atoms with Crippen LogP contribution in [-0.4, -0.2) is 11.1 Å². The number of aliphatic carboxylic acids is 1. The molecule has 1 aromatic rings. The summed E-state index contributed by atoms with van der Waals surface area (Å²) in [7, 11) is 0. The first kappa shape index (κ1) is 13.1. The van der Waals surface area contributed by atoms with Crippen LogP contribution in [0.2, 0.25) is 0 Å². The van der Waals surface area contributed by atoms with Gasteiger partial charge in [-0.1, -0.05) is 24.1 Å². The summed E-state index contributed by atoms with van der Waals surface area (Å²) in [6, 6.07) is 5.19. The third-order valence-corrected chi connectivity index (χ3v) is 2.04. The highest BCUT2D eigenvalue weighted by Gasteiger charge is 2.32. The van der Waals surface area contributed by atoms with Gasteiger partial charge in [0.1, 0.15) is 0 Å². The SMILES string of the molecule is O=C(O)C#CCCc1ccccc1C(F)(F)F. The fraction of sp³-hybridized carbons (Fsp3) is 0.250. The predicted octanol–water partition coefficient (Wildman–Crippen LogP) is 2.73. The Balaban J connectivity index is 2.79. The van der Waals surface area contributed by atoms with Crippen molar-refractivity contribution >= 4 is 5.97 Å². The molecule has 0 heterocycles. The van der Waals surface area contributed by atoms with Gasteiger partial charge in [0.25, 0.3) is 0 Å². The molecule has 1 N–H and O–H groups in total. The van der Waals surface area contributed by atoms with Crippen molar-refractivity contribution < 1.29 is 23.1 Å². The lowest BCUT2D eigenvalue weighted by atomic mass is 10.0. The first-order chi connectivity index (χ1) is 7.91. The topological polar surface area (TPSA) is 37.3 Å². The normalized spacial score (nSPS) is 10.5. The van der Waals surface area contributed by atoms with Gasteiger partial charge in [-0.2, -0.15) is 13.2 Å². The van der Waals surface area contributed by atoms with E-state index in [4.69, 9.17) is 5.11 Å². The second-order valence-corrected chi connectivity index (χ2v) is 3.26. The van der Waals surface area contributed by atoms with E-state index in [-0.39, 0.29) is 18.4 Å². The number of rotatable bonds is 2. The van der Waals surface area contributed by atoms with E-state index in [2.05, 4.69) is 5.92 Å². The number of hydrogen-bond donors (Lipinski definition) is 1. The van der Waals surface area contributed by atoms with E-state index in [1.165, 1.54) is 18.2 Å². The Morgan fingerprint density at radius 2 is 1.94 bits per heavy atom. The number of hydrogen-bond acceptors (Lipinski definition) is 1. The molecule has 5 heteroatoms. The van der Waals surface area contributed by atoms with Crippen LogP contribution in [0, 0.1) is 11.8 Å². The highest BCUT2D eigenvalue weighted by Crippen LogP contribution is 2.32. The fourth-order valence-electron chi connectivity index (χ4n) is 1.35. The molecule has 0 unspecified atom stereocenters. The van der Waals surface area contributed by atoms with Crippen molar-refractivity contribution in [2.24, 2.45) is 0 Å². The second-order valence-electron chi connectivity index (χ2n) is 3.26. The van der Waals surface area contributed by atoms with Crippen LogP contribution in [-0.2, 0) is 17.4 Å². The molecule has 0 bridgehead atoms. The molecule has 1 aromatic carbocycles.